The van der Waals surface area contributed by atoms with Gasteiger partial charge in [0.15, 0.2) is 0 Å². The van der Waals surface area contributed by atoms with Crippen molar-refractivity contribution in [2.75, 3.05) is 6.54 Å². The molecule has 8 nitrogen and oxygen atoms in total. The maximum absolute atomic E-state index is 12.8. The van der Waals surface area contributed by atoms with Gasteiger partial charge in [0.2, 0.25) is 0 Å². The summed E-state index contributed by atoms with van der Waals surface area (Å²) in [5, 5.41) is 23.9. The molecule has 3 rings (SSSR count). The van der Waals surface area contributed by atoms with Crippen LogP contribution in [-0.4, -0.2) is 27.2 Å². The number of nitrogens with zero attached hydrogens (tertiary/aromatic N) is 3. The van der Waals surface area contributed by atoms with Crippen molar-refractivity contribution >= 4 is 28.6 Å². The zero-order valence-corrected chi connectivity index (χ0v) is 13.3. The summed E-state index contributed by atoms with van der Waals surface area (Å²) in [6, 6.07) is 6.81. The first-order chi connectivity index (χ1) is 11.5. The fraction of sp³-hybridized carbons (Fsp3) is 0.267. The van der Waals surface area contributed by atoms with E-state index in [9.17, 15) is 25.0 Å². The number of rotatable bonds is 4. The Morgan fingerprint density at radius 1 is 1.17 bits per heavy atom. The van der Waals surface area contributed by atoms with E-state index in [1.807, 2.05) is 17.5 Å². The van der Waals surface area contributed by atoms with Crippen molar-refractivity contribution in [1.29, 1.82) is 0 Å². The van der Waals surface area contributed by atoms with E-state index in [1.165, 1.54) is 0 Å². The number of thiophene rings is 1. The van der Waals surface area contributed by atoms with Gasteiger partial charge in [0.05, 0.1) is 27.5 Å². The van der Waals surface area contributed by atoms with Crippen LogP contribution in [0.1, 0.15) is 34.1 Å². The molecule has 24 heavy (non-hydrogen) atoms. The lowest BCUT2D eigenvalue weighted by Crippen LogP contribution is -2.30. The molecule has 1 saturated heterocycles. The van der Waals surface area contributed by atoms with Gasteiger partial charge in [-0.3, -0.25) is 25.0 Å². The Morgan fingerprint density at radius 3 is 2.38 bits per heavy atom. The Kier molecular flexibility index (Phi) is 4.26. The van der Waals surface area contributed by atoms with Crippen LogP contribution in [0.3, 0.4) is 0 Å². The van der Waals surface area contributed by atoms with Gasteiger partial charge < -0.3 is 4.90 Å². The van der Waals surface area contributed by atoms with Crippen molar-refractivity contribution < 1.29 is 14.6 Å². The number of carbonyl (C=O) groups excluding carboxylic acids is 1. The highest BCUT2D eigenvalue weighted by atomic mass is 32.1. The molecular weight excluding hydrogens is 334 g/mol. The summed E-state index contributed by atoms with van der Waals surface area (Å²) in [7, 11) is 0. The molecule has 9 heteroatoms. The third-order valence-corrected chi connectivity index (χ3v) is 4.93. The van der Waals surface area contributed by atoms with Gasteiger partial charge in [-0.2, -0.15) is 0 Å². The zero-order chi connectivity index (χ0) is 17.3. The van der Waals surface area contributed by atoms with Crippen LogP contribution < -0.4 is 0 Å². The number of likely N-dealkylation sites (tertiary alicyclic amines) is 1. The predicted molar refractivity (Wildman–Crippen MR) is 87.1 cm³/mol. The second-order valence-electron chi connectivity index (χ2n) is 5.42. The fourth-order valence-corrected chi connectivity index (χ4v) is 3.76. The van der Waals surface area contributed by atoms with Gasteiger partial charge in [0.1, 0.15) is 0 Å². The van der Waals surface area contributed by atoms with Crippen LogP contribution in [0.4, 0.5) is 11.4 Å². The number of benzene rings is 1. The molecule has 0 N–H and O–H groups in total. The average molecular weight is 347 g/mol. The summed E-state index contributed by atoms with van der Waals surface area (Å²) in [6.45, 7) is 0.526. The van der Waals surface area contributed by atoms with Gasteiger partial charge in [0, 0.05) is 23.6 Å². The molecule has 1 aliphatic rings. The summed E-state index contributed by atoms with van der Waals surface area (Å²) in [5.41, 5.74) is -0.946. The lowest BCUT2D eigenvalue weighted by atomic mass is 10.1. The molecule has 124 valence electrons. The minimum Gasteiger partial charge on any atom is -0.331 e. The van der Waals surface area contributed by atoms with E-state index in [2.05, 4.69) is 0 Å². The molecule has 1 atom stereocenters. The largest absolute Gasteiger partial charge is 0.331 e. The molecule has 0 aliphatic carbocycles. The first-order valence-electron chi connectivity index (χ1n) is 7.25. The Bertz CT molecular complexity index is 773. The summed E-state index contributed by atoms with van der Waals surface area (Å²) in [4.78, 5) is 36.0. The maximum atomic E-state index is 12.8. The minimum atomic E-state index is -0.732. The molecule has 1 aromatic heterocycles. The normalized spacial score (nSPS) is 17.0. The molecular formula is C15H13N3O5S. The number of nitro groups is 2. The zero-order valence-electron chi connectivity index (χ0n) is 12.5. The quantitative estimate of drug-likeness (QED) is 0.621. The van der Waals surface area contributed by atoms with Crippen molar-refractivity contribution in [3.8, 4) is 0 Å². The van der Waals surface area contributed by atoms with Crippen molar-refractivity contribution in [2.24, 2.45) is 0 Å². The van der Waals surface area contributed by atoms with Crippen molar-refractivity contribution in [3.63, 3.8) is 0 Å². The molecule has 0 radical (unpaired) electrons. The van der Waals surface area contributed by atoms with E-state index in [4.69, 9.17) is 0 Å². The Balaban J connectivity index is 1.97. The smallest absolute Gasteiger partial charge is 0.277 e. The van der Waals surface area contributed by atoms with Gasteiger partial charge >= 0.3 is 0 Å². The Labute approximate surface area is 140 Å². The molecule has 0 spiro atoms. The van der Waals surface area contributed by atoms with E-state index < -0.39 is 27.1 Å². The molecule has 0 unspecified atom stereocenters. The summed E-state index contributed by atoms with van der Waals surface area (Å²) < 4.78 is 0. The monoisotopic (exact) mass is 347 g/mol. The van der Waals surface area contributed by atoms with Gasteiger partial charge in [-0.1, -0.05) is 6.07 Å². The third kappa shape index (κ3) is 2.98. The molecule has 0 bridgehead atoms. The number of amides is 1. The fourth-order valence-electron chi connectivity index (χ4n) is 2.88. The number of hydrogen-bond acceptors (Lipinski definition) is 6. The summed E-state index contributed by atoms with van der Waals surface area (Å²) in [5.74, 6) is -0.419. The van der Waals surface area contributed by atoms with Crippen LogP contribution in [0.25, 0.3) is 0 Å². The first-order valence-corrected chi connectivity index (χ1v) is 8.13. The Morgan fingerprint density at radius 2 is 1.83 bits per heavy atom. The van der Waals surface area contributed by atoms with Gasteiger partial charge in [-0.15, -0.1) is 11.3 Å². The van der Waals surface area contributed by atoms with Crippen LogP contribution in [0, 0.1) is 20.2 Å². The predicted octanol–water partition coefficient (Wildman–Crippen LogP) is 3.54. The maximum Gasteiger partial charge on any atom is 0.277 e. The number of carbonyl (C=O) groups is 1. The highest BCUT2D eigenvalue weighted by Crippen LogP contribution is 2.36. The van der Waals surface area contributed by atoms with Crippen LogP contribution in [-0.2, 0) is 0 Å². The van der Waals surface area contributed by atoms with Crippen LogP contribution >= 0.6 is 11.3 Å². The molecule has 1 aromatic carbocycles. The van der Waals surface area contributed by atoms with Gasteiger partial charge in [0.25, 0.3) is 17.3 Å². The SMILES string of the molecule is O=C(c1cc([N+](=O)[O-])cc([N+](=O)[O-])c1)N1CCC[C@H]1c1cccs1. The van der Waals surface area contributed by atoms with Crippen molar-refractivity contribution in [3.05, 3.63) is 66.4 Å². The van der Waals surface area contributed by atoms with Crippen molar-refractivity contribution in [2.45, 2.75) is 18.9 Å². The van der Waals surface area contributed by atoms with E-state index >= 15 is 0 Å². The van der Waals surface area contributed by atoms with Crippen LogP contribution in [0.15, 0.2) is 35.7 Å². The molecule has 1 fully saturated rings. The lowest BCUT2D eigenvalue weighted by molar-refractivity contribution is -0.394. The molecule has 2 aromatic rings. The standard InChI is InChI=1S/C15H13N3O5S/c19-15(16-5-1-3-13(16)14-4-2-6-24-14)10-7-11(17(20)21)9-12(8-10)18(22)23/h2,4,6-9,13H,1,3,5H2/t13-/m0/s1. The van der Waals surface area contributed by atoms with Crippen LogP contribution in [0.5, 0.6) is 0 Å². The highest BCUT2D eigenvalue weighted by molar-refractivity contribution is 7.10. The van der Waals surface area contributed by atoms with Gasteiger partial charge in [-0.05, 0) is 24.3 Å². The van der Waals surface area contributed by atoms with Crippen LogP contribution in [0.2, 0.25) is 0 Å². The highest BCUT2D eigenvalue weighted by Gasteiger charge is 2.32. The molecule has 1 amide bonds. The second kappa shape index (κ2) is 6.36. The van der Waals surface area contributed by atoms with E-state index in [0.717, 1.165) is 35.9 Å². The van der Waals surface area contributed by atoms with Crippen molar-refractivity contribution in [1.82, 2.24) is 4.90 Å². The number of hydrogen-bond donors (Lipinski definition) is 0. The lowest BCUT2D eigenvalue weighted by Gasteiger charge is -2.23. The number of non-ortho nitro benzene ring substituents is 2. The molecule has 2 heterocycles. The average Bonchev–Trinajstić information content (AvgIpc) is 3.24. The van der Waals surface area contributed by atoms with E-state index in [1.54, 1.807) is 16.2 Å². The minimum absolute atomic E-state index is 0.0284. The van der Waals surface area contributed by atoms with Gasteiger partial charge in [-0.25, -0.2) is 0 Å². The summed E-state index contributed by atoms with van der Waals surface area (Å²) in [6.07, 6.45) is 1.63. The second-order valence-corrected chi connectivity index (χ2v) is 6.40. The number of nitro benzene ring substituents is 2. The van der Waals surface area contributed by atoms with E-state index in [0.29, 0.717) is 6.54 Å². The topological polar surface area (TPSA) is 107 Å². The van der Waals surface area contributed by atoms with E-state index in [-0.39, 0.29) is 11.6 Å². The Hall–Kier alpha value is -2.81. The first kappa shape index (κ1) is 16.1. The molecule has 0 saturated carbocycles. The summed E-state index contributed by atoms with van der Waals surface area (Å²) >= 11 is 1.54. The third-order valence-electron chi connectivity index (χ3n) is 3.96. The molecule has 1 aliphatic heterocycles.